The van der Waals surface area contributed by atoms with Gasteiger partial charge < -0.3 is 10.4 Å². The van der Waals surface area contributed by atoms with Crippen molar-refractivity contribution in [2.24, 2.45) is 0 Å². The summed E-state index contributed by atoms with van der Waals surface area (Å²) in [4.78, 5) is 11.3. The lowest BCUT2D eigenvalue weighted by Crippen LogP contribution is -2.38. The molecular formula is C10H9F2NO2. The number of benzene rings is 1. The summed E-state index contributed by atoms with van der Waals surface area (Å²) >= 11 is 0. The second kappa shape index (κ2) is 3.00. The van der Waals surface area contributed by atoms with E-state index in [0.717, 1.165) is 12.1 Å². The monoisotopic (exact) mass is 213 g/mol. The van der Waals surface area contributed by atoms with Crippen LogP contribution in [0.15, 0.2) is 12.1 Å². The van der Waals surface area contributed by atoms with Crippen LogP contribution in [-0.2, 0) is 5.72 Å². The van der Waals surface area contributed by atoms with Crippen LogP contribution in [0.4, 0.5) is 8.78 Å². The number of hydrogen-bond acceptors (Lipinski definition) is 2. The third-order valence-electron chi connectivity index (χ3n) is 2.58. The minimum absolute atomic E-state index is 0.0155. The molecule has 3 nitrogen and oxygen atoms in total. The van der Waals surface area contributed by atoms with E-state index in [2.05, 4.69) is 5.32 Å². The smallest absolute Gasteiger partial charge is 0.254 e. The Hall–Kier alpha value is -1.49. The minimum Gasteiger partial charge on any atom is -0.367 e. The number of rotatable bonds is 1. The second-order valence-electron chi connectivity index (χ2n) is 3.48. The molecule has 2 N–H and O–H groups in total. The van der Waals surface area contributed by atoms with E-state index in [1.54, 1.807) is 6.92 Å². The molecule has 1 aliphatic heterocycles. The minimum atomic E-state index is -1.58. The number of fused-ring (bicyclic) bond motifs is 1. The molecule has 5 heteroatoms. The molecule has 1 heterocycles. The standard InChI is InChI=1S/C10H9F2NO2/c1-2-10(15)6-4-8(12)7(11)3-5(6)9(14)13-10/h3-4,15H,2H2,1H3,(H,13,14). The maximum absolute atomic E-state index is 13.0. The van der Waals surface area contributed by atoms with E-state index in [-0.39, 0.29) is 17.5 Å². The summed E-state index contributed by atoms with van der Waals surface area (Å²) in [5.74, 6) is -2.75. The Morgan fingerprint density at radius 1 is 1.40 bits per heavy atom. The van der Waals surface area contributed by atoms with Gasteiger partial charge in [0.25, 0.3) is 5.91 Å². The van der Waals surface area contributed by atoms with Gasteiger partial charge in [-0.3, -0.25) is 4.79 Å². The molecule has 0 fully saturated rings. The van der Waals surface area contributed by atoms with E-state index in [9.17, 15) is 18.7 Å². The van der Waals surface area contributed by atoms with Crippen LogP contribution in [0.1, 0.15) is 29.3 Å². The fourth-order valence-corrected chi connectivity index (χ4v) is 1.68. The van der Waals surface area contributed by atoms with Gasteiger partial charge in [0.05, 0.1) is 5.56 Å². The average molecular weight is 213 g/mol. The molecule has 0 saturated carbocycles. The lowest BCUT2D eigenvalue weighted by atomic mass is 9.99. The highest BCUT2D eigenvalue weighted by Crippen LogP contribution is 2.32. The number of carbonyl (C=O) groups excluding carboxylic acids is 1. The summed E-state index contributed by atoms with van der Waals surface area (Å²) in [5, 5.41) is 12.2. The maximum Gasteiger partial charge on any atom is 0.254 e. The highest BCUT2D eigenvalue weighted by molar-refractivity contribution is 5.99. The van der Waals surface area contributed by atoms with Crippen LogP contribution in [0.25, 0.3) is 0 Å². The third kappa shape index (κ3) is 1.31. The molecular weight excluding hydrogens is 204 g/mol. The summed E-state index contributed by atoms with van der Waals surface area (Å²) in [6, 6.07) is 1.65. The zero-order chi connectivity index (χ0) is 11.2. The number of carbonyl (C=O) groups is 1. The zero-order valence-corrected chi connectivity index (χ0v) is 7.97. The third-order valence-corrected chi connectivity index (χ3v) is 2.58. The average Bonchev–Trinajstić information content (AvgIpc) is 2.42. The van der Waals surface area contributed by atoms with Gasteiger partial charge in [0.15, 0.2) is 17.4 Å². The molecule has 0 bridgehead atoms. The quantitative estimate of drug-likeness (QED) is 0.737. The number of halogens is 2. The van der Waals surface area contributed by atoms with Gasteiger partial charge in [-0.1, -0.05) is 6.92 Å². The van der Waals surface area contributed by atoms with Crippen molar-refractivity contribution in [3.63, 3.8) is 0 Å². The summed E-state index contributed by atoms with van der Waals surface area (Å²) in [5.41, 5.74) is -1.51. The van der Waals surface area contributed by atoms with Gasteiger partial charge in [-0.25, -0.2) is 8.78 Å². The van der Waals surface area contributed by atoms with Gasteiger partial charge in [-0.2, -0.15) is 0 Å². The van der Waals surface area contributed by atoms with Crippen molar-refractivity contribution < 1.29 is 18.7 Å². The number of amides is 1. The number of nitrogens with one attached hydrogen (secondary N) is 1. The molecule has 0 radical (unpaired) electrons. The maximum atomic E-state index is 13.0. The van der Waals surface area contributed by atoms with Crippen LogP contribution in [0.3, 0.4) is 0 Å². The summed E-state index contributed by atoms with van der Waals surface area (Å²) in [7, 11) is 0. The predicted molar refractivity (Wildman–Crippen MR) is 48.0 cm³/mol. The van der Waals surface area contributed by atoms with Crippen molar-refractivity contribution >= 4 is 5.91 Å². The first-order valence-corrected chi connectivity index (χ1v) is 4.52. The Morgan fingerprint density at radius 3 is 2.60 bits per heavy atom. The predicted octanol–water partition coefficient (Wildman–Crippen LogP) is 1.26. The van der Waals surface area contributed by atoms with Gasteiger partial charge in [-0.05, 0) is 18.6 Å². The van der Waals surface area contributed by atoms with E-state index in [0.29, 0.717) is 0 Å². The Bertz CT molecular complexity index is 447. The van der Waals surface area contributed by atoms with Crippen molar-refractivity contribution in [1.29, 1.82) is 0 Å². The van der Waals surface area contributed by atoms with Crippen LogP contribution in [-0.4, -0.2) is 11.0 Å². The van der Waals surface area contributed by atoms with Crippen LogP contribution in [0, 0.1) is 11.6 Å². The van der Waals surface area contributed by atoms with Crippen LogP contribution >= 0.6 is 0 Å². The highest BCUT2D eigenvalue weighted by atomic mass is 19.2. The molecule has 2 rings (SSSR count). The SMILES string of the molecule is CCC1(O)NC(=O)c2cc(F)c(F)cc21. The first-order chi connectivity index (χ1) is 6.98. The first kappa shape index (κ1) is 10.0. The van der Waals surface area contributed by atoms with Crippen LogP contribution in [0.2, 0.25) is 0 Å². The molecule has 1 aliphatic rings. The van der Waals surface area contributed by atoms with E-state index in [1.807, 2.05) is 0 Å². The van der Waals surface area contributed by atoms with Gasteiger partial charge >= 0.3 is 0 Å². The molecule has 0 aliphatic carbocycles. The normalized spacial score (nSPS) is 23.9. The topological polar surface area (TPSA) is 49.3 Å². The number of hydrogen-bond donors (Lipinski definition) is 2. The van der Waals surface area contributed by atoms with Gasteiger partial charge in [-0.15, -0.1) is 0 Å². The van der Waals surface area contributed by atoms with E-state index >= 15 is 0 Å². The Morgan fingerprint density at radius 2 is 2.00 bits per heavy atom. The summed E-state index contributed by atoms with van der Waals surface area (Å²) < 4.78 is 25.8. The molecule has 0 saturated heterocycles. The molecule has 0 aromatic heterocycles. The lowest BCUT2D eigenvalue weighted by Gasteiger charge is -2.21. The molecule has 80 valence electrons. The molecule has 1 amide bonds. The summed E-state index contributed by atoms with van der Waals surface area (Å²) in [6.07, 6.45) is 0.191. The van der Waals surface area contributed by atoms with E-state index in [1.165, 1.54) is 0 Å². The van der Waals surface area contributed by atoms with Crippen LogP contribution in [0.5, 0.6) is 0 Å². The van der Waals surface area contributed by atoms with Crippen molar-refractivity contribution in [3.8, 4) is 0 Å². The Balaban J connectivity index is 2.66. The molecule has 1 aromatic carbocycles. The first-order valence-electron chi connectivity index (χ1n) is 4.52. The highest BCUT2D eigenvalue weighted by Gasteiger charge is 2.40. The summed E-state index contributed by atoms with van der Waals surface area (Å²) in [6.45, 7) is 1.64. The molecule has 0 spiro atoms. The second-order valence-corrected chi connectivity index (χ2v) is 3.48. The van der Waals surface area contributed by atoms with Gasteiger partial charge in [0.1, 0.15) is 0 Å². The fourth-order valence-electron chi connectivity index (χ4n) is 1.68. The molecule has 1 atom stereocenters. The zero-order valence-electron chi connectivity index (χ0n) is 7.97. The van der Waals surface area contributed by atoms with Crippen molar-refractivity contribution in [2.75, 3.05) is 0 Å². The largest absolute Gasteiger partial charge is 0.367 e. The van der Waals surface area contributed by atoms with Gasteiger partial charge in [0.2, 0.25) is 0 Å². The van der Waals surface area contributed by atoms with Crippen molar-refractivity contribution in [2.45, 2.75) is 19.1 Å². The van der Waals surface area contributed by atoms with Crippen LogP contribution < -0.4 is 5.32 Å². The van der Waals surface area contributed by atoms with E-state index in [4.69, 9.17) is 0 Å². The molecule has 1 aromatic rings. The Kier molecular flexibility index (Phi) is 2.01. The van der Waals surface area contributed by atoms with Gasteiger partial charge in [0, 0.05) is 5.56 Å². The number of aliphatic hydroxyl groups is 1. The van der Waals surface area contributed by atoms with Crippen molar-refractivity contribution in [1.82, 2.24) is 5.32 Å². The molecule has 1 unspecified atom stereocenters. The fraction of sp³-hybridized carbons (Fsp3) is 0.300. The lowest BCUT2D eigenvalue weighted by molar-refractivity contribution is 0.00946. The van der Waals surface area contributed by atoms with Crippen molar-refractivity contribution in [3.05, 3.63) is 34.9 Å². The Labute approximate surface area is 84.7 Å². The molecule has 15 heavy (non-hydrogen) atoms. The van der Waals surface area contributed by atoms with E-state index < -0.39 is 23.3 Å².